The lowest BCUT2D eigenvalue weighted by Gasteiger charge is -2.05. The normalized spacial score (nSPS) is 10.8. The number of ether oxygens (including phenoxy) is 3. The number of aromatic nitrogens is 5. The highest BCUT2D eigenvalue weighted by Gasteiger charge is 2.18. The molecule has 0 fully saturated rings. The summed E-state index contributed by atoms with van der Waals surface area (Å²) in [5.74, 6) is -1.28. The fourth-order valence-electron chi connectivity index (χ4n) is 2.39. The number of nitrogens with two attached hydrogens (primary N) is 1. The zero-order valence-corrected chi connectivity index (χ0v) is 15.2. The standard InChI is InChI=1S/C16H18N6O6/c1-3-26-15(24)9-6-18-22-12(23)5-11(19-14(9)22)28-8-21-7-10(13(17)20-21)16(25)27-4-2/h5-7,18H,3-4,8H2,1-2H3,(H2,17,20). The van der Waals surface area contributed by atoms with E-state index in [1.165, 1.54) is 17.1 Å². The number of nitrogens with one attached hydrogen (secondary N) is 1. The second-order valence-corrected chi connectivity index (χ2v) is 5.46. The van der Waals surface area contributed by atoms with Gasteiger partial charge < -0.3 is 19.9 Å². The third-order valence-corrected chi connectivity index (χ3v) is 3.60. The summed E-state index contributed by atoms with van der Waals surface area (Å²) in [6.45, 7) is 3.55. The molecular formula is C16H18N6O6. The minimum atomic E-state index is -0.621. The molecule has 3 aromatic heterocycles. The summed E-state index contributed by atoms with van der Waals surface area (Å²) < 4.78 is 17.6. The molecule has 3 heterocycles. The van der Waals surface area contributed by atoms with E-state index in [1.807, 2.05) is 0 Å². The Labute approximate surface area is 157 Å². The van der Waals surface area contributed by atoms with E-state index in [2.05, 4.69) is 15.2 Å². The Kier molecular flexibility index (Phi) is 5.29. The van der Waals surface area contributed by atoms with Gasteiger partial charge in [0.1, 0.15) is 11.1 Å². The molecule has 0 spiro atoms. The van der Waals surface area contributed by atoms with Gasteiger partial charge in [0.25, 0.3) is 5.56 Å². The maximum atomic E-state index is 12.2. The van der Waals surface area contributed by atoms with Crippen LogP contribution in [0, 0.1) is 0 Å². The summed E-state index contributed by atoms with van der Waals surface area (Å²) in [7, 11) is 0. The Hall–Kier alpha value is -3.83. The lowest BCUT2D eigenvalue weighted by molar-refractivity contribution is 0.0518. The van der Waals surface area contributed by atoms with E-state index in [0.717, 1.165) is 10.6 Å². The molecule has 3 rings (SSSR count). The van der Waals surface area contributed by atoms with Crippen LogP contribution in [0.3, 0.4) is 0 Å². The van der Waals surface area contributed by atoms with E-state index in [1.54, 1.807) is 13.8 Å². The van der Waals surface area contributed by atoms with E-state index in [0.29, 0.717) is 0 Å². The molecule has 12 nitrogen and oxygen atoms in total. The van der Waals surface area contributed by atoms with Crippen molar-refractivity contribution in [1.29, 1.82) is 0 Å². The van der Waals surface area contributed by atoms with E-state index < -0.39 is 17.5 Å². The lowest BCUT2D eigenvalue weighted by atomic mass is 10.3. The molecule has 12 heteroatoms. The molecule has 0 amide bonds. The Bertz CT molecular complexity index is 1080. The fraction of sp³-hybridized carbons (Fsp3) is 0.312. The predicted molar refractivity (Wildman–Crippen MR) is 95.0 cm³/mol. The number of nitrogen functional groups attached to an aromatic ring is 1. The van der Waals surface area contributed by atoms with Crippen LogP contribution in [-0.2, 0) is 16.2 Å². The van der Waals surface area contributed by atoms with E-state index in [-0.39, 0.29) is 48.4 Å². The van der Waals surface area contributed by atoms with Crippen molar-refractivity contribution in [2.75, 3.05) is 18.9 Å². The number of carbonyl (C=O) groups excluding carboxylic acids is 2. The average Bonchev–Trinajstić information content (AvgIpc) is 3.24. The SMILES string of the molecule is CCOC(=O)c1cn(COc2cc(=O)n3[nH]cc(C(=O)OCC)c3n2)nc1N. The van der Waals surface area contributed by atoms with Crippen molar-refractivity contribution in [2.24, 2.45) is 0 Å². The summed E-state index contributed by atoms with van der Waals surface area (Å²) in [5.41, 5.74) is 5.47. The number of hydrogen-bond acceptors (Lipinski definition) is 9. The smallest absolute Gasteiger partial charge is 0.343 e. The topological polar surface area (TPSA) is 156 Å². The third kappa shape index (κ3) is 3.65. The first-order valence-corrected chi connectivity index (χ1v) is 8.35. The van der Waals surface area contributed by atoms with Crippen LogP contribution >= 0.6 is 0 Å². The summed E-state index contributed by atoms with van der Waals surface area (Å²) in [5, 5.41) is 6.58. The molecule has 0 unspecified atom stereocenters. The zero-order valence-electron chi connectivity index (χ0n) is 15.2. The number of anilines is 1. The van der Waals surface area contributed by atoms with Gasteiger partial charge in [-0.2, -0.15) is 10.1 Å². The molecule has 0 aromatic carbocycles. The van der Waals surface area contributed by atoms with Gasteiger partial charge in [-0.1, -0.05) is 0 Å². The van der Waals surface area contributed by atoms with Gasteiger partial charge in [-0.25, -0.2) is 18.8 Å². The minimum absolute atomic E-state index is 0.0132. The highest BCUT2D eigenvalue weighted by molar-refractivity contribution is 5.95. The largest absolute Gasteiger partial charge is 0.462 e. The summed E-state index contributed by atoms with van der Waals surface area (Å²) in [6, 6.07) is 1.14. The van der Waals surface area contributed by atoms with Crippen molar-refractivity contribution >= 4 is 23.4 Å². The van der Waals surface area contributed by atoms with Gasteiger partial charge in [0, 0.05) is 12.4 Å². The Morgan fingerprint density at radius 2 is 1.86 bits per heavy atom. The first kappa shape index (κ1) is 18.9. The minimum Gasteiger partial charge on any atom is -0.462 e. The maximum absolute atomic E-state index is 12.2. The molecular weight excluding hydrogens is 372 g/mol. The second kappa shape index (κ2) is 7.82. The monoisotopic (exact) mass is 390 g/mol. The number of carbonyl (C=O) groups is 2. The van der Waals surface area contributed by atoms with Crippen LogP contribution in [0.1, 0.15) is 34.6 Å². The van der Waals surface area contributed by atoms with Gasteiger partial charge in [0.2, 0.25) is 5.88 Å². The molecule has 0 aliphatic rings. The van der Waals surface area contributed by atoms with E-state index in [9.17, 15) is 14.4 Å². The Balaban J connectivity index is 1.82. The number of rotatable bonds is 7. The highest BCUT2D eigenvalue weighted by atomic mass is 16.5. The van der Waals surface area contributed by atoms with Crippen LogP contribution in [0.2, 0.25) is 0 Å². The first-order chi connectivity index (χ1) is 13.4. The maximum Gasteiger partial charge on any atom is 0.343 e. The van der Waals surface area contributed by atoms with E-state index in [4.69, 9.17) is 19.9 Å². The van der Waals surface area contributed by atoms with E-state index >= 15 is 0 Å². The Morgan fingerprint density at radius 1 is 1.18 bits per heavy atom. The van der Waals surface area contributed by atoms with Gasteiger partial charge in [0.15, 0.2) is 18.2 Å². The Morgan fingerprint density at radius 3 is 2.54 bits per heavy atom. The molecule has 28 heavy (non-hydrogen) atoms. The number of hydrogen-bond donors (Lipinski definition) is 2. The van der Waals surface area contributed by atoms with Crippen molar-refractivity contribution in [2.45, 2.75) is 20.6 Å². The molecule has 0 saturated carbocycles. The van der Waals surface area contributed by atoms with Crippen LogP contribution in [0.15, 0.2) is 23.3 Å². The van der Waals surface area contributed by atoms with Gasteiger partial charge in [-0.15, -0.1) is 0 Å². The molecule has 0 atom stereocenters. The summed E-state index contributed by atoms with van der Waals surface area (Å²) >= 11 is 0. The van der Waals surface area contributed by atoms with Crippen LogP contribution in [0.25, 0.3) is 5.65 Å². The summed E-state index contributed by atoms with van der Waals surface area (Å²) in [4.78, 5) is 40.1. The quantitative estimate of drug-likeness (QED) is 0.538. The van der Waals surface area contributed by atoms with Gasteiger partial charge in [-0.3, -0.25) is 9.89 Å². The van der Waals surface area contributed by atoms with Crippen molar-refractivity contribution in [3.05, 3.63) is 39.9 Å². The highest BCUT2D eigenvalue weighted by Crippen LogP contribution is 2.14. The summed E-state index contributed by atoms with van der Waals surface area (Å²) in [6.07, 6.45) is 2.68. The first-order valence-electron chi connectivity index (χ1n) is 8.35. The molecule has 3 N–H and O–H groups in total. The molecule has 0 bridgehead atoms. The molecule has 0 radical (unpaired) electrons. The van der Waals surface area contributed by atoms with Crippen molar-refractivity contribution in [1.82, 2.24) is 24.4 Å². The number of nitrogens with zero attached hydrogens (tertiary/aromatic N) is 4. The number of H-pyrrole nitrogens is 1. The number of fused-ring (bicyclic) bond motifs is 1. The molecule has 0 saturated heterocycles. The van der Waals surface area contributed by atoms with Crippen LogP contribution in [0.5, 0.6) is 5.88 Å². The van der Waals surface area contributed by atoms with Gasteiger partial charge >= 0.3 is 11.9 Å². The molecule has 0 aliphatic carbocycles. The number of aromatic amines is 1. The van der Waals surface area contributed by atoms with Crippen molar-refractivity contribution in [3.8, 4) is 5.88 Å². The van der Waals surface area contributed by atoms with Gasteiger partial charge in [-0.05, 0) is 13.8 Å². The fourth-order valence-corrected chi connectivity index (χ4v) is 2.39. The van der Waals surface area contributed by atoms with Gasteiger partial charge in [0.05, 0.1) is 19.3 Å². The van der Waals surface area contributed by atoms with Crippen LogP contribution in [-0.4, -0.2) is 49.5 Å². The average molecular weight is 390 g/mol. The predicted octanol–water partition coefficient (Wildman–Crippen LogP) is 0.191. The molecule has 148 valence electrons. The second-order valence-electron chi connectivity index (χ2n) is 5.46. The van der Waals surface area contributed by atoms with Crippen molar-refractivity contribution < 1.29 is 23.8 Å². The third-order valence-electron chi connectivity index (χ3n) is 3.60. The lowest BCUT2D eigenvalue weighted by Crippen LogP contribution is -2.17. The zero-order chi connectivity index (χ0) is 20.3. The molecule has 0 aliphatic heterocycles. The molecule has 3 aromatic rings. The van der Waals surface area contributed by atoms with Crippen molar-refractivity contribution in [3.63, 3.8) is 0 Å². The van der Waals surface area contributed by atoms with Crippen LogP contribution < -0.4 is 16.0 Å². The number of esters is 2. The van der Waals surface area contributed by atoms with Crippen LogP contribution in [0.4, 0.5) is 5.82 Å².